The highest BCUT2D eigenvalue weighted by Gasteiger charge is 2.19. The molecule has 0 radical (unpaired) electrons. The average molecular weight is 374 g/mol. The van der Waals surface area contributed by atoms with Crippen molar-refractivity contribution in [1.29, 1.82) is 0 Å². The van der Waals surface area contributed by atoms with Crippen LogP contribution in [0.25, 0.3) is 16.8 Å². The molecule has 6 nitrogen and oxygen atoms in total. The van der Waals surface area contributed by atoms with Crippen LogP contribution >= 0.6 is 0 Å². The molecule has 3 aromatic heterocycles. The molecule has 1 N–H and O–H groups in total. The van der Waals surface area contributed by atoms with Gasteiger partial charge in [0.15, 0.2) is 5.65 Å². The van der Waals surface area contributed by atoms with Crippen LogP contribution in [0.5, 0.6) is 0 Å². The van der Waals surface area contributed by atoms with E-state index in [1.807, 2.05) is 49.6 Å². The van der Waals surface area contributed by atoms with E-state index in [0.29, 0.717) is 6.54 Å². The topological polar surface area (TPSA) is 72.4 Å². The van der Waals surface area contributed by atoms with E-state index in [4.69, 9.17) is 14.5 Å². The summed E-state index contributed by atoms with van der Waals surface area (Å²) < 4.78 is 7.10. The largest absolute Gasteiger partial charge is 0.467 e. The minimum Gasteiger partial charge on any atom is -0.467 e. The number of aromatic nitrogens is 3. The summed E-state index contributed by atoms with van der Waals surface area (Å²) in [6.07, 6.45) is 1.85. The Morgan fingerprint density at radius 3 is 2.57 bits per heavy atom. The number of carbonyl (C=O) groups excluding carboxylic acids is 1. The number of benzene rings is 1. The molecule has 0 aliphatic rings. The molecule has 28 heavy (non-hydrogen) atoms. The quantitative estimate of drug-likeness (QED) is 0.577. The van der Waals surface area contributed by atoms with Crippen molar-refractivity contribution in [3.8, 4) is 11.1 Å². The van der Waals surface area contributed by atoms with E-state index < -0.39 is 0 Å². The molecule has 1 aromatic carbocycles. The molecule has 0 fully saturated rings. The highest BCUT2D eigenvalue weighted by Crippen LogP contribution is 2.29. The summed E-state index contributed by atoms with van der Waals surface area (Å²) in [7, 11) is 0. The van der Waals surface area contributed by atoms with E-state index in [1.165, 1.54) is 0 Å². The number of carbonyl (C=O) groups is 1. The number of hydrogen-bond donors (Lipinski definition) is 1. The second-order valence-corrected chi connectivity index (χ2v) is 6.86. The lowest BCUT2D eigenvalue weighted by atomic mass is 10.1. The third-order valence-corrected chi connectivity index (χ3v) is 4.94. The van der Waals surface area contributed by atoms with Gasteiger partial charge in [0, 0.05) is 22.5 Å². The summed E-state index contributed by atoms with van der Waals surface area (Å²) in [5.41, 5.74) is 6.52. The Hall–Kier alpha value is -3.41. The Morgan fingerprint density at radius 1 is 1.07 bits per heavy atom. The molecular weight excluding hydrogens is 352 g/mol. The lowest BCUT2D eigenvalue weighted by Crippen LogP contribution is -2.25. The van der Waals surface area contributed by atoms with E-state index in [0.717, 1.165) is 45.2 Å². The van der Waals surface area contributed by atoms with Crippen LogP contribution in [0.3, 0.4) is 0 Å². The maximum Gasteiger partial charge on any atom is 0.224 e. The lowest BCUT2D eigenvalue weighted by molar-refractivity contribution is -0.120. The molecule has 4 aromatic rings. The van der Waals surface area contributed by atoms with Gasteiger partial charge in [-0.05, 0) is 38.5 Å². The summed E-state index contributed by atoms with van der Waals surface area (Å²) in [4.78, 5) is 17.2. The first-order valence-corrected chi connectivity index (χ1v) is 9.24. The molecule has 0 saturated carbocycles. The number of aryl methyl sites for hydroxylation is 3. The Balaban J connectivity index is 1.66. The van der Waals surface area contributed by atoms with Gasteiger partial charge in [-0.1, -0.05) is 30.3 Å². The van der Waals surface area contributed by atoms with Crippen molar-refractivity contribution >= 4 is 11.6 Å². The first-order chi connectivity index (χ1) is 13.5. The molecule has 6 heteroatoms. The van der Waals surface area contributed by atoms with E-state index >= 15 is 0 Å². The smallest absolute Gasteiger partial charge is 0.224 e. The number of nitrogens with zero attached hydrogens (tertiary/aromatic N) is 3. The Kier molecular flexibility index (Phi) is 4.69. The molecule has 142 valence electrons. The SMILES string of the molecule is Cc1nc2c(-c3ccccc3)c(C)nn2c(C)c1CC(=O)NCc1ccco1. The second kappa shape index (κ2) is 7.31. The zero-order chi connectivity index (χ0) is 19.7. The highest BCUT2D eigenvalue weighted by atomic mass is 16.3. The number of nitrogens with one attached hydrogen (secondary N) is 1. The third kappa shape index (κ3) is 3.29. The van der Waals surface area contributed by atoms with Gasteiger partial charge in [-0.25, -0.2) is 9.50 Å². The van der Waals surface area contributed by atoms with Gasteiger partial charge in [0.2, 0.25) is 5.91 Å². The number of amides is 1. The maximum atomic E-state index is 12.4. The Labute approximate surface area is 163 Å². The fourth-order valence-electron chi connectivity index (χ4n) is 3.49. The Bertz CT molecular complexity index is 1130. The van der Waals surface area contributed by atoms with Gasteiger partial charge in [0.1, 0.15) is 5.76 Å². The molecule has 0 saturated heterocycles. The van der Waals surface area contributed by atoms with E-state index in [1.54, 1.807) is 12.3 Å². The van der Waals surface area contributed by atoms with Crippen molar-refractivity contribution < 1.29 is 9.21 Å². The number of fused-ring (bicyclic) bond motifs is 1. The van der Waals surface area contributed by atoms with Gasteiger partial charge in [0.25, 0.3) is 0 Å². The fourth-order valence-corrected chi connectivity index (χ4v) is 3.49. The summed E-state index contributed by atoms with van der Waals surface area (Å²) in [6, 6.07) is 13.8. The third-order valence-electron chi connectivity index (χ3n) is 4.94. The first-order valence-electron chi connectivity index (χ1n) is 9.24. The Morgan fingerprint density at radius 2 is 1.86 bits per heavy atom. The fraction of sp³-hybridized carbons (Fsp3) is 0.227. The highest BCUT2D eigenvalue weighted by molar-refractivity contribution is 5.82. The van der Waals surface area contributed by atoms with Crippen LogP contribution in [0.4, 0.5) is 0 Å². The van der Waals surface area contributed by atoms with Gasteiger partial charge in [-0.3, -0.25) is 4.79 Å². The molecule has 1 amide bonds. The predicted molar refractivity (Wildman–Crippen MR) is 107 cm³/mol. The molecule has 0 spiro atoms. The van der Waals surface area contributed by atoms with Crippen LogP contribution in [-0.2, 0) is 17.8 Å². The zero-order valence-corrected chi connectivity index (χ0v) is 16.2. The van der Waals surface area contributed by atoms with Crippen molar-refractivity contribution in [2.24, 2.45) is 0 Å². The number of rotatable bonds is 5. The standard InChI is InChI=1S/C22H22N4O2/c1-14-19(12-20(27)23-13-18-10-7-11-28-18)16(3)26-22(24-14)21(15(2)25-26)17-8-5-4-6-9-17/h4-11H,12-13H2,1-3H3,(H,23,27). The van der Waals surface area contributed by atoms with E-state index in [9.17, 15) is 4.79 Å². The normalized spacial score (nSPS) is 11.1. The zero-order valence-electron chi connectivity index (χ0n) is 16.2. The first kappa shape index (κ1) is 18.0. The van der Waals surface area contributed by atoms with E-state index in [-0.39, 0.29) is 12.3 Å². The van der Waals surface area contributed by atoms with Crippen molar-refractivity contribution in [3.63, 3.8) is 0 Å². The number of hydrogen-bond acceptors (Lipinski definition) is 4. The number of furan rings is 1. The predicted octanol–water partition coefficient (Wildman–Crippen LogP) is 3.77. The summed E-state index contributed by atoms with van der Waals surface area (Å²) in [5, 5.41) is 7.58. The van der Waals surface area contributed by atoms with Crippen molar-refractivity contribution in [3.05, 3.63) is 77.1 Å². The van der Waals surface area contributed by atoms with Gasteiger partial charge in [-0.2, -0.15) is 5.10 Å². The van der Waals surface area contributed by atoms with Crippen molar-refractivity contribution in [1.82, 2.24) is 19.9 Å². The summed E-state index contributed by atoms with van der Waals surface area (Å²) in [5.74, 6) is 0.654. The lowest BCUT2D eigenvalue weighted by Gasteiger charge is -2.11. The van der Waals surface area contributed by atoms with Crippen LogP contribution in [0.15, 0.2) is 53.1 Å². The molecule has 0 unspecified atom stereocenters. The van der Waals surface area contributed by atoms with Gasteiger partial charge < -0.3 is 9.73 Å². The molecule has 0 aliphatic carbocycles. The maximum absolute atomic E-state index is 12.4. The minimum absolute atomic E-state index is 0.0732. The van der Waals surface area contributed by atoms with Crippen LogP contribution in [-0.4, -0.2) is 20.5 Å². The van der Waals surface area contributed by atoms with Crippen LogP contribution in [0, 0.1) is 20.8 Å². The van der Waals surface area contributed by atoms with Gasteiger partial charge >= 0.3 is 0 Å². The average Bonchev–Trinajstić information content (AvgIpc) is 3.32. The molecule has 0 bridgehead atoms. The van der Waals surface area contributed by atoms with Gasteiger partial charge in [0.05, 0.1) is 24.9 Å². The van der Waals surface area contributed by atoms with Crippen LogP contribution in [0.1, 0.15) is 28.4 Å². The minimum atomic E-state index is -0.0732. The molecule has 0 aliphatic heterocycles. The summed E-state index contributed by atoms with van der Waals surface area (Å²) in [6.45, 7) is 6.29. The van der Waals surface area contributed by atoms with Crippen LogP contribution in [0.2, 0.25) is 0 Å². The van der Waals surface area contributed by atoms with Crippen molar-refractivity contribution in [2.75, 3.05) is 0 Å². The second-order valence-electron chi connectivity index (χ2n) is 6.86. The van der Waals surface area contributed by atoms with E-state index in [2.05, 4.69) is 17.4 Å². The van der Waals surface area contributed by atoms with Crippen LogP contribution < -0.4 is 5.32 Å². The molecule has 4 rings (SSSR count). The van der Waals surface area contributed by atoms with Crippen molar-refractivity contribution in [2.45, 2.75) is 33.7 Å². The summed E-state index contributed by atoms with van der Waals surface area (Å²) >= 11 is 0. The molecular formula is C22H22N4O2. The molecule has 0 atom stereocenters. The molecule has 3 heterocycles. The monoisotopic (exact) mass is 374 g/mol. The van der Waals surface area contributed by atoms with Gasteiger partial charge in [-0.15, -0.1) is 0 Å².